The molecule has 0 spiro atoms. The molecule has 4 atom stereocenters. The smallest absolute Gasteiger partial charge is 0.462 e. The number of unbranched alkanes of at least 4 members (excludes halogenated alkanes) is 3. The van der Waals surface area contributed by atoms with E-state index < -0.39 is 72.3 Å². The van der Waals surface area contributed by atoms with Crippen LogP contribution in [0.25, 0.3) is 0 Å². The average Bonchev–Trinajstić information content (AvgIpc) is 3.27. The average molecular weight is 965 g/mol. The molecule has 0 heterocycles. The highest BCUT2D eigenvalue weighted by Gasteiger charge is 2.28. The maximum atomic E-state index is 12.7. The Bertz CT molecular complexity index is 1680. The summed E-state index contributed by atoms with van der Waals surface area (Å²) >= 11 is 0. The Labute approximate surface area is 394 Å². The van der Waals surface area contributed by atoms with Crippen LogP contribution < -0.4 is 0 Å². The van der Waals surface area contributed by atoms with E-state index in [4.69, 9.17) is 23.8 Å². The predicted molar refractivity (Wildman–Crippen MR) is 263 cm³/mol. The van der Waals surface area contributed by atoms with Crippen molar-refractivity contribution in [1.29, 1.82) is 0 Å². The molecule has 0 fully saturated rings. The monoisotopic (exact) mass is 964 g/mol. The molecule has 0 aliphatic rings. The number of hydrogen-bond donors (Lipinski definition) is 5. The zero-order valence-electron chi connectivity index (χ0n) is 39.1. The summed E-state index contributed by atoms with van der Waals surface area (Å²) in [5.41, 5.74) is 0. The van der Waals surface area contributed by atoms with Crippen molar-refractivity contribution in [2.75, 3.05) is 26.4 Å². The molecule has 0 rings (SSSR count). The van der Waals surface area contributed by atoms with Gasteiger partial charge >= 0.3 is 27.6 Å². The fourth-order valence-electron chi connectivity index (χ4n) is 5.14. The third-order valence-electron chi connectivity index (χ3n) is 8.62. The largest absolute Gasteiger partial charge is 0.472 e. The van der Waals surface area contributed by atoms with Crippen LogP contribution in [0.3, 0.4) is 0 Å². The predicted octanol–water partition coefficient (Wildman–Crippen LogP) is 11.2. The van der Waals surface area contributed by atoms with Crippen molar-refractivity contribution in [2.45, 2.75) is 141 Å². The number of aliphatic hydroxyl groups excluding tert-OH is 2. The van der Waals surface area contributed by atoms with Gasteiger partial charge in [-0.2, -0.15) is 0 Å². The lowest BCUT2D eigenvalue weighted by Crippen LogP contribution is -2.29. The summed E-state index contributed by atoms with van der Waals surface area (Å²) in [4.78, 5) is 52.7. The zero-order chi connectivity index (χ0) is 48.8. The first-order valence-corrected chi connectivity index (χ1v) is 26.0. The number of phosphoric ester groups is 2. The lowest BCUT2D eigenvalue weighted by molar-refractivity contribution is -0.161. The minimum absolute atomic E-state index is 0.0354. The quantitative estimate of drug-likeness (QED) is 0.0127. The van der Waals surface area contributed by atoms with Crippen molar-refractivity contribution in [1.82, 2.24) is 0 Å². The Morgan fingerprint density at radius 3 is 1.53 bits per heavy atom. The summed E-state index contributed by atoms with van der Waals surface area (Å²) in [6, 6.07) is 0. The van der Waals surface area contributed by atoms with E-state index in [9.17, 15) is 33.8 Å². The Hall–Kier alpha value is -3.78. The number of ether oxygens (including phenoxy) is 2. The molecular weight excluding hydrogens is 886 g/mol. The van der Waals surface area contributed by atoms with Gasteiger partial charge in [0.15, 0.2) is 6.10 Å². The Kier molecular flexibility index (Phi) is 41.3. The molecule has 5 N–H and O–H groups in total. The number of allylic oxidation sites excluding steroid dienone is 20. The number of aliphatic hydroxyl groups is 2. The molecule has 0 saturated carbocycles. The third-order valence-corrected chi connectivity index (χ3v) is 10.1. The van der Waals surface area contributed by atoms with Crippen LogP contribution in [0.2, 0.25) is 0 Å². The highest BCUT2D eigenvalue weighted by atomic mass is 31.2. The molecule has 0 aromatic heterocycles. The summed E-state index contributed by atoms with van der Waals surface area (Å²) in [5.74, 6) is -1.32. The number of esters is 2. The lowest BCUT2D eigenvalue weighted by Gasteiger charge is -2.20. The van der Waals surface area contributed by atoms with E-state index >= 15 is 0 Å². The summed E-state index contributed by atoms with van der Waals surface area (Å²) < 4.78 is 47.6. The maximum Gasteiger partial charge on any atom is 0.472 e. The van der Waals surface area contributed by atoms with Crippen molar-refractivity contribution in [3.05, 3.63) is 134 Å². The van der Waals surface area contributed by atoms with Crippen LogP contribution >= 0.6 is 15.6 Å². The first-order valence-electron chi connectivity index (χ1n) is 23.0. The summed E-state index contributed by atoms with van der Waals surface area (Å²) in [6.45, 7) is 1.31. The molecule has 0 amide bonds. The molecule has 0 aliphatic heterocycles. The summed E-state index contributed by atoms with van der Waals surface area (Å²) in [5, 5.41) is 20.0. The fourth-order valence-corrected chi connectivity index (χ4v) is 6.30. The van der Waals surface area contributed by atoms with Gasteiger partial charge in [0.2, 0.25) is 0 Å². The molecule has 0 aromatic rings. The lowest BCUT2D eigenvalue weighted by atomic mass is 10.2. The van der Waals surface area contributed by atoms with E-state index in [1.165, 1.54) is 19.3 Å². The molecule has 2 unspecified atom stereocenters. The Morgan fingerprint density at radius 1 is 0.515 bits per heavy atom. The number of rotatable bonds is 41. The van der Waals surface area contributed by atoms with Crippen LogP contribution in [-0.2, 0) is 41.8 Å². The molecule has 66 heavy (non-hydrogen) atoms. The van der Waals surface area contributed by atoms with Gasteiger partial charge in [-0.3, -0.25) is 23.2 Å². The van der Waals surface area contributed by atoms with Gasteiger partial charge in [0.05, 0.1) is 25.9 Å². The molecular formula is C50H78O14P2. The van der Waals surface area contributed by atoms with Crippen LogP contribution in [0.15, 0.2) is 134 Å². The second-order valence-corrected chi connectivity index (χ2v) is 17.5. The summed E-state index contributed by atoms with van der Waals surface area (Å²) in [6.07, 6.45) is 53.4. The van der Waals surface area contributed by atoms with Crippen molar-refractivity contribution >= 4 is 27.6 Å². The van der Waals surface area contributed by atoms with Gasteiger partial charge in [0.25, 0.3) is 0 Å². The van der Waals surface area contributed by atoms with Crippen LogP contribution in [0.5, 0.6) is 0 Å². The Balaban J connectivity index is 4.84. The number of carbonyl (C=O) groups is 2. The van der Waals surface area contributed by atoms with E-state index in [2.05, 4.69) is 102 Å². The van der Waals surface area contributed by atoms with Crippen molar-refractivity contribution in [3.8, 4) is 0 Å². The van der Waals surface area contributed by atoms with Crippen molar-refractivity contribution in [3.63, 3.8) is 0 Å². The van der Waals surface area contributed by atoms with Gasteiger partial charge < -0.3 is 34.4 Å². The van der Waals surface area contributed by atoms with Gasteiger partial charge in [-0.25, -0.2) is 9.13 Å². The van der Waals surface area contributed by atoms with Gasteiger partial charge in [-0.05, 0) is 83.5 Å². The molecule has 0 aromatic carbocycles. The second-order valence-electron chi connectivity index (χ2n) is 14.8. The highest BCUT2D eigenvalue weighted by molar-refractivity contribution is 7.47. The van der Waals surface area contributed by atoms with Crippen molar-refractivity contribution < 1.29 is 66.7 Å². The van der Waals surface area contributed by atoms with E-state index in [0.717, 1.165) is 51.4 Å². The minimum atomic E-state index is -4.90. The van der Waals surface area contributed by atoms with Crippen molar-refractivity contribution in [2.24, 2.45) is 0 Å². The highest BCUT2D eigenvalue weighted by Crippen LogP contribution is 2.43. The summed E-state index contributed by atoms with van der Waals surface area (Å²) in [7, 11) is -9.78. The first-order chi connectivity index (χ1) is 31.8. The molecule has 0 aliphatic carbocycles. The standard InChI is InChI=1S/C50H78O14P2/c1-3-5-7-9-11-13-15-17-18-19-20-21-22-24-26-28-30-32-36-41-50(54)64-48(45-63-66(58,59)62-43-47(52)42-61-65(55,56)57)44-60-49(53)40-37-33-35-39-46(51)38-34-31-29-27-25-23-16-14-12-10-8-6-4-2/h6,8,11-14,17-18,20-21,23-26,29-35,38,46-48,51-52H,3-5,7,9-10,15-16,19,22,27-28,36-37,39-45H2,1-2H3,(H,58,59)(H2,55,56,57)/b8-6-,13-11-,14-12-,18-17-,21-20-,25-23-,26-24-,31-29-,32-30-,35-33-,38-34-/t46?,47-,48+/m0/s1. The molecule has 0 saturated heterocycles. The molecule has 372 valence electrons. The van der Waals surface area contributed by atoms with Gasteiger partial charge in [0, 0.05) is 12.8 Å². The zero-order valence-corrected chi connectivity index (χ0v) is 40.9. The third kappa shape index (κ3) is 46.7. The van der Waals surface area contributed by atoms with Gasteiger partial charge in [0.1, 0.15) is 12.7 Å². The molecule has 0 bridgehead atoms. The van der Waals surface area contributed by atoms with Crippen LogP contribution in [0.1, 0.15) is 123 Å². The SMILES string of the molecule is CC/C=C\C/C=C\C/C=C\C/C=C\C=C/C(O)C/C=C\CCC(=O)OC[C@H](COP(=O)(O)OC[C@@H](O)COP(=O)(O)O)OC(=O)CC/C=C\C/C=C\C/C=C\C/C=C\C/C=C\CCCCC. The van der Waals surface area contributed by atoms with E-state index in [1.807, 2.05) is 30.4 Å². The number of hydrogen-bond acceptors (Lipinski definition) is 11. The second kappa shape index (κ2) is 43.8. The van der Waals surface area contributed by atoms with E-state index in [1.54, 1.807) is 24.3 Å². The maximum absolute atomic E-state index is 12.7. The fraction of sp³-hybridized carbons (Fsp3) is 0.520. The molecule has 14 nitrogen and oxygen atoms in total. The van der Waals surface area contributed by atoms with Crippen LogP contribution in [0.4, 0.5) is 0 Å². The van der Waals surface area contributed by atoms with Gasteiger partial charge in [-0.1, -0.05) is 160 Å². The number of carbonyl (C=O) groups excluding carboxylic acids is 2. The van der Waals surface area contributed by atoms with Crippen LogP contribution in [0, 0.1) is 0 Å². The van der Waals surface area contributed by atoms with Gasteiger partial charge in [-0.15, -0.1) is 0 Å². The first kappa shape index (κ1) is 62.2. The van der Waals surface area contributed by atoms with E-state index in [0.29, 0.717) is 25.7 Å². The molecule has 16 heteroatoms. The molecule has 0 radical (unpaired) electrons. The van der Waals surface area contributed by atoms with Crippen LogP contribution in [-0.4, -0.2) is 81.6 Å². The minimum Gasteiger partial charge on any atom is -0.462 e. The normalized spacial score (nSPS) is 15.6. The number of phosphoric acid groups is 2. The Morgan fingerprint density at radius 2 is 0.985 bits per heavy atom. The van der Waals surface area contributed by atoms with E-state index in [-0.39, 0.29) is 12.8 Å². The topological polar surface area (TPSA) is 216 Å².